The van der Waals surface area contributed by atoms with Crippen molar-refractivity contribution >= 4 is 6.29 Å². The molecule has 0 amide bonds. The average molecular weight is 187 g/mol. The van der Waals surface area contributed by atoms with E-state index < -0.39 is 0 Å². The van der Waals surface area contributed by atoms with Crippen LogP contribution in [0.25, 0.3) is 11.4 Å². The van der Waals surface area contributed by atoms with Gasteiger partial charge in [-0.2, -0.15) is 5.10 Å². The van der Waals surface area contributed by atoms with E-state index in [4.69, 9.17) is 0 Å². The second kappa shape index (κ2) is 3.83. The van der Waals surface area contributed by atoms with Crippen molar-refractivity contribution in [3.05, 3.63) is 36.2 Å². The van der Waals surface area contributed by atoms with Crippen molar-refractivity contribution in [3.8, 4) is 11.4 Å². The highest BCUT2D eigenvalue weighted by Crippen LogP contribution is 2.17. The van der Waals surface area contributed by atoms with Gasteiger partial charge in [-0.15, -0.1) is 0 Å². The number of aldehydes is 1. The minimum absolute atomic E-state index is 0.363. The molecular weight excluding hydrogens is 178 g/mol. The van der Waals surface area contributed by atoms with Gasteiger partial charge < -0.3 is 4.79 Å². The van der Waals surface area contributed by atoms with Gasteiger partial charge in [-0.1, -0.05) is 6.07 Å². The second-order valence-corrected chi connectivity index (χ2v) is 2.86. The lowest BCUT2D eigenvalue weighted by Crippen LogP contribution is -1.89. The fraction of sp³-hybridized carbons (Fsp3) is 0.100. The van der Waals surface area contributed by atoms with Gasteiger partial charge in [-0.25, -0.2) is 0 Å². The maximum Gasteiger partial charge on any atom is 0.124 e. The van der Waals surface area contributed by atoms with E-state index in [1.807, 2.05) is 18.2 Å². The first-order valence-corrected chi connectivity index (χ1v) is 4.29. The molecule has 2 aromatic rings. The molecule has 4 nitrogen and oxygen atoms in total. The molecule has 0 spiro atoms. The third kappa shape index (κ3) is 1.54. The van der Waals surface area contributed by atoms with Crippen molar-refractivity contribution in [1.82, 2.24) is 15.2 Å². The fourth-order valence-electron chi connectivity index (χ4n) is 1.29. The van der Waals surface area contributed by atoms with E-state index in [2.05, 4.69) is 15.2 Å². The summed E-state index contributed by atoms with van der Waals surface area (Å²) in [6.45, 7) is 0. The lowest BCUT2D eigenvalue weighted by Gasteiger charge is -1.97. The van der Waals surface area contributed by atoms with Gasteiger partial charge in [0.1, 0.15) is 6.29 Å². The summed E-state index contributed by atoms with van der Waals surface area (Å²) in [7, 11) is 0. The summed E-state index contributed by atoms with van der Waals surface area (Å²) in [5, 5.41) is 6.73. The molecule has 0 unspecified atom stereocenters. The molecule has 70 valence electrons. The molecule has 0 aliphatic carbocycles. The Balaban J connectivity index is 2.41. The predicted molar refractivity (Wildman–Crippen MR) is 51.6 cm³/mol. The van der Waals surface area contributed by atoms with Crippen LogP contribution in [-0.4, -0.2) is 21.5 Å². The number of aromatic nitrogens is 3. The van der Waals surface area contributed by atoms with Crippen molar-refractivity contribution < 1.29 is 4.79 Å². The van der Waals surface area contributed by atoms with Crippen molar-refractivity contribution in [2.75, 3.05) is 0 Å². The highest BCUT2D eigenvalue weighted by Gasteiger charge is 2.06. The maximum absolute atomic E-state index is 10.4. The van der Waals surface area contributed by atoms with Crippen molar-refractivity contribution in [2.45, 2.75) is 6.42 Å². The molecular formula is C10H9N3O. The maximum atomic E-state index is 10.4. The number of nitrogens with one attached hydrogen (secondary N) is 1. The van der Waals surface area contributed by atoms with Crippen LogP contribution in [0.3, 0.4) is 0 Å². The molecule has 0 aromatic carbocycles. The lowest BCUT2D eigenvalue weighted by atomic mass is 10.1. The van der Waals surface area contributed by atoms with Crippen molar-refractivity contribution in [2.24, 2.45) is 0 Å². The summed E-state index contributed by atoms with van der Waals surface area (Å²) < 4.78 is 0. The van der Waals surface area contributed by atoms with E-state index in [9.17, 15) is 4.79 Å². The van der Waals surface area contributed by atoms with Crippen LogP contribution in [0.2, 0.25) is 0 Å². The zero-order valence-corrected chi connectivity index (χ0v) is 7.47. The molecule has 14 heavy (non-hydrogen) atoms. The molecule has 0 radical (unpaired) electrons. The summed E-state index contributed by atoms with van der Waals surface area (Å²) in [6.07, 6.45) is 4.58. The average Bonchev–Trinajstić information content (AvgIpc) is 2.68. The van der Waals surface area contributed by atoms with Crippen LogP contribution in [0.5, 0.6) is 0 Å². The van der Waals surface area contributed by atoms with E-state index in [0.717, 1.165) is 23.2 Å². The number of carbonyl (C=O) groups is 1. The number of nitrogens with zero attached hydrogens (tertiary/aromatic N) is 2. The van der Waals surface area contributed by atoms with Crippen LogP contribution in [0.1, 0.15) is 5.56 Å². The number of hydrogen-bond acceptors (Lipinski definition) is 3. The SMILES string of the molecule is O=CCc1cn[nH]c1-c1ccccn1. The van der Waals surface area contributed by atoms with Crippen LogP contribution < -0.4 is 0 Å². The fourth-order valence-corrected chi connectivity index (χ4v) is 1.29. The molecule has 0 fully saturated rings. The van der Waals surface area contributed by atoms with Crippen LogP contribution in [0.15, 0.2) is 30.6 Å². The minimum atomic E-state index is 0.363. The molecule has 2 aromatic heterocycles. The van der Waals surface area contributed by atoms with Gasteiger partial charge >= 0.3 is 0 Å². The van der Waals surface area contributed by atoms with E-state index in [1.165, 1.54) is 0 Å². The first kappa shape index (κ1) is 8.62. The molecule has 0 atom stereocenters. The topological polar surface area (TPSA) is 58.6 Å². The molecule has 0 bridgehead atoms. The Morgan fingerprint density at radius 2 is 2.36 bits per heavy atom. The lowest BCUT2D eigenvalue weighted by molar-refractivity contribution is -0.107. The van der Waals surface area contributed by atoms with Crippen LogP contribution >= 0.6 is 0 Å². The molecule has 1 N–H and O–H groups in total. The van der Waals surface area contributed by atoms with E-state index in [1.54, 1.807) is 12.4 Å². The molecule has 0 saturated heterocycles. The minimum Gasteiger partial charge on any atom is -0.303 e. The Bertz CT molecular complexity index is 422. The standard InChI is InChI=1S/C10H9N3O/c14-6-4-8-7-12-13-10(8)9-3-1-2-5-11-9/h1-3,5-7H,4H2,(H,12,13). The quantitative estimate of drug-likeness (QED) is 0.735. The van der Waals surface area contributed by atoms with Gasteiger partial charge in [-0.05, 0) is 12.1 Å². The van der Waals surface area contributed by atoms with E-state index in [0.29, 0.717) is 6.42 Å². The van der Waals surface area contributed by atoms with Gasteiger partial charge in [0.2, 0.25) is 0 Å². The molecule has 4 heteroatoms. The van der Waals surface area contributed by atoms with Crippen molar-refractivity contribution in [1.29, 1.82) is 0 Å². The summed E-state index contributed by atoms with van der Waals surface area (Å²) >= 11 is 0. The summed E-state index contributed by atoms with van der Waals surface area (Å²) in [6, 6.07) is 5.62. The zero-order chi connectivity index (χ0) is 9.80. The van der Waals surface area contributed by atoms with Gasteiger partial charge in [0.25, 0.3) is 0 Å². The van der Waals surface area contributed by atoms with Gasteiger partial charge in [0, 0.05) is 18.2 Å². The number of pyridine rings is 1. The smallest absolute Gasteiger partial charge is 0.124 e. The Hall–Kier alpha value is -1.97. The number of hydrogen-bond donors (Lipinski definition) is 1. The molecule has 0 aliphatic rings. The van der Waals surface area contributed by atoms with E-state index in [-0.39, 0.29) is 0 Å². The zero-order valence-electron chi connectivity index (χ0n) is 7.47. The molecule has 0 aliphatic heterocycles. The molecule has 2 heterocycles. The highest BCUT2D eigenvalue weighted by atomic mass is 16.1. The highest BCUT2D eigenvalue weighted by molar-refractivity contribution is 5.64. The molecule has 2 rings (SSSR count). The predicted octanol–water partition coefficient (Wildman–Crippen LogP) is 1.21. The second-order valence-electron chi connectivity index (χ2n) is 2.86. The summed E-state index contributed by atoms with van der Waals surface area (Å²) in [5.74, 6) is 0. The van der Waals surface area contributed by atoms with Gasteiger partial charge in [0.05, 0.1) is 17.6 Å². The monoisotopic (exact) mass is 187 g/mol. The van der Waals surface area contributed by atoms with E-state index >= 15 is 0 Å². The number of carbonyl (C=O) groups excluding carboxylic acids is 1. The number of aromatic amines is 1. The molecule has 0 saturated carbocycles. The largest absolute Gasteiger partial charge is 0.303 e. The van der Waals surface area contributed by atoms with Crippen LogP contribution in [0.4, 0.5) is 0 Å². The van der Waals surface area contributed by atoms with Gasteiger partial charge in [-0.3, -0.25) is 10.1 Å². The third-order valence-corrected chi connectivity index (χ3v) is 1.94. The first-order valence-electron chi connectivity index (χ1n) is 4.29. The third-order valence-electron chi connectivity index (χ3n) is 1.94. The summed E-state index contributed by atoms with van der Waals surface area (Å²) in [4.78, 5) is 14.6. The normalized spacial score (nSPS) is 10.0. The Kier molecular flexibility index (Phi) is 2.36. The Labute approximate surface area is 81.0 Å². The number of rotatable bonds is 3. The summed E-state index contributed by atoms with van der Waals surface area (Å²) in [5.41, 5.74) is 2.50. The Morgan fingerprint density at radius 3 is 3.07 bits per heavy atom. The van der Waals surface area contributed by atoms with Crippen LogP contribution in [-0.2, 0) is 11.2 Å². The van der Waals surface area contributed by atoms with Crippen LogP contribution in [0, 0.1) is 0 Å². The first-order chi connectivity index (χ1) is 6.92. The Morgan fingerprint density at radius 1 is 1.43 bits per heavy atom. The van der Waals surface area contributed by atoms with Crippen molar-refractivity contribution in [3.63, 3.8) is 0 Å². The van der Waals surface area contributed by atoms with Gasteiger partial charge in [0.15, 0.2) is 0 Å². The number of H-pyrrole nitrogens is 1.